The van der Waals surface area contributed by atoms with Crippen molar-refractivity contribution in [3.8, 4) is 0 Å². The highest BCUT2D eigenvalue weighted by Gasteiger charge is 2.35. The predicted molar refractivity (Wildman–Crippen MR) is 119 cm³/mol. The number of hydrogen-bond acceptors (Lipinski definition) is 4. The number of aryl methyl sites for hydroxylation is 1. The molecule has 1 atom stereocenters. The summed E-state index contributed by atoms with van der Waals surface area (Å²) in [5.41, 5.74) is 1.35. The number of halogens is 2. The molecule has 2 aliphatic heterocycles. The molecule has 0 radical (unpaired) electrons. The summed E-state index contributed by atoms with van der Waals surface area (Å²) < 4.78 is 2.03. The Morgan fingerprint density at radius 1 is 1.14 bits per heavy atom. The fourth-order valence-electron chi connectivity index (χ4n) is 4.31. The third-order valence-corrected chi connectivity index (χ3v) is 5.87. The average molecular weight is 440 g/mol. The van der Waals surface area contributed by atoms with E-state index in [0.717, 1.165) is 57.9 Å². The summed E-state index contributed by atoms with van der Waals surface area (Å²) in [7, 11) is 2.00. The summed E-state index contributed by atoms with van der Waals surface area (Å²) in [6.45, 7) is 5.36. The highest BCUT2D eigenvalue weighted by atomic mass is 35.5. The zero-order valence-corrected chi connectivity index (χ0v) is 18.5. The first kappa shape index (κ1) is 23.7. The number of carbonyl (C=O) groups is 1. The Bertz CT molecular complexity index is 761. The van der Waals surface area contributed by atoms with Gasteiger partial charge < -0.3 is 14.8 Å². The molecule has 1 N–H and O–H groups in total. The lowest BCUT2D eigenvalue weighted by atomic mass is 9.93. The van der Waals surface area contributed by atoms with Crippen LogP contribution in [-0.2, 0) is 18.4 Å². The van der Waals surface area contributed by atoms with Crippen LogP contribution in [0, 0.1) is 5.92 Å². The molecule has 1 amide bonds. The van der Waals surface area contributed by atoms with Crippen LogP contribution >= 0.6 is 24.8 Å². The quantitative estimate of drug-likeness (QED) is 0.795. The second-order valence-corrected chi connectivity index (χ2v) is 7.68. The minimum atomic E-state index is 0. The highest BCUT2D eigenvalue weighted by molar-refractivity contribution is 5.85. The van der Waals surface area contributed by atoms with E-state index in [1.807, 2.05) is 24.0 Å². The molecule has 0 spiro atoms. The zero-order chi connectivity index (χ0) is 18.6. The fraction of sp³-hybridized carbons (Fsp3) is 0.524. The van der Waals surface area contributed by atoms with Crippen molar-refractivity contribution in [2.24, 2.45) is 13.0 Å². The summed E-state index contributed by atoms with van der Waals surface area (Å²) in [4.78, 5) is 22.3. The van der Waals surface area contributed by atoms with E-state index in [0.29, 0.717) is 5.91 Å². The van der Waals surface area contributed by atoms with Gasteiger partial charge in [0.15, 0.2) is 0 Å². The Labute approximate surface area is 185 Å². The Morgan fingerprint density at radius 3 is 2.52 bits per heavy atom. The van der Waals surface area contributed by atoms with Crippen molar-refractivity contribution in [1.29, 1.82) is 0 Å². The van der Waals surface area contributed by atoms with Gasteiger partial charge in [-0.15, -0.1) is 24.8 Å². The van der Waals surface area contributed by atoms with E-state index in [4.69, 9.17) is 0 Å². The van der Waals surface area contributed by atoms with Gasteiger partial charge in [0.1, 0.15) is 11.9 Å². The molecular weight excluding hydrogens is 409 g/mol. The molecule has 2 aliphatic rings. The van der Waals surface area contributed by atoms with Gasteiger partial charge in [0, 0.05) is 51.5 Å². The molecule has 0 bridgehead atoms. The van der Waals surface area contributed by atoms with Crippen molar-refractivity contribution < 1.29 is 4.79 Å². The summed E-state index contributed by atoms with van der Waals surface area (Å²) in [6.07, 6.45) is 5.66. The van der Waals surface area contributed by atoms with Gasteiger partial charge in [0.2, 0.25) is 5.91 Å². The van der Waals surface area contributed by atoms with Crippen LogP contribution in [0.2, 0.25) is 0 Å². The number of piperazine rings is 1. The van der Waals surface area contributed by atoms with Crippen molar-refractivity contribution in [3.05, 3.63) is 54.1 Å². The molecule has 6 nitrogen and oxygen atoms in total. The van der Waals surface area contributed by atoms with Crippen LogP contribution in [0.25, 0.3) is 0 Å². The van der Waals surface area contributed by atoms with Gasteiger partial charge in [-0.2, -0.15) is 0 Å². The van der Waals surface area contributed by atoms with Crippen LogP contribution in [0.5, 0.6) is 0 Å². The minimum absolute atomic E-state index is 0. The number of aromatic nitrogens is 2. The molecule has 29 heavy (non-hydrogen) atoms. The Hall–Kier alpha value is -1.60. The zero-order valence-electron chi connectivity index (χ0n) is 16.9. The van der Waals surface area contributed by atoms with Crippen LogP contribution in [0.15, 0.2) is 42.7 Å². The molecule has 2 aromatic rings. The lowest BCUT2D eigenvalue weighted by Crippen LogP contribution is -2.52. The number of hydrogen-bond donors (Lipinski definition) is 1. The van der Waals surface area contributed by atoms with Crippen molar-refractivity contribution in [2.45, 2.75) is 25.4 Å². The molecule has 8 heteroatoms. The smallest absolute Gasteiger partial charge is 0.226 e. The number of rotatable bonds is 4. The molecule has 1 aromatic carbocycles. The average Bonchev–Trinajstić information content (AvgIpc) is 3.14. The van der Waals surface area contributed by atoms with Gasteiger partial charge in [-0.05, 0) is 31.5 Å². The Kier molecular flexibility index (Phi) is 8.96. The van der Waals surface area contributed by atoms with Crippen molar-refractivity contribution >= 4 is 30.7 Å². The number of imidazole rings is 1. The summed E-state index contributed by atoms with van der Waals surface area (Å²) in [5, 5.41) is 3.42. The Morgan fingerprint density at radius 2 is 1.86 bits per heavy atom. The monoisotopic (exact) mass is 439 g/mol. The van der Waals surface area contributed by atoms with Crippen molar-refractivity contribution in [1.82, 2.24) is 24.7 Å². The number of amides is 1. The maximum Gasteiger partial charge on any atom is 0.226 e. The maximum absolute atomic E-state index is 13.3. The summed E-state index contributed by atoms with van der Waals surface area (Å²) in [6, 6.07) is 10.6. The fourth-order valence-corrected chi connectivity index (χ4v) is 4.31. The second kappa shape index (κ2) is 11.0. The lowest BCUT2D eigenvalue weighted by Gasteiger charge is -2.40. The normalized spacial score (nSPS) is 20.6. The van der Waals surface area contributed by atoms with Crippen LogP contribution in [0.4, 0.5) is 0 Å². The number of piperidine rings is 1. The first-order valence-electron chi connectivity index (χ1n) is 9.97. The van der Waals surface area contributed by atoms with Gasteiger partial charge in [-0.1, -0.05) is 30.3 Å². The number of nitrogens with zero attached hydrogens (tertiary/aromatic N) is 4. The van der Waals surface area contributed by atoms with Gasteiger partial charge in [-0.25, -0.2) is 4.98 Å². The third kappa shape index (κ3) is 5.51. The van der Waals surface area contributed by atoms with Crippen LogP contribution < -0.4 is 5.32 Å². The highest BCUT2D eigenvalue weighted by Crippen LogP contribution is 2.27. The van der Waals surface area contributed by atoms with E-state index in [1.54, 1.807) is 0 Å². The lowest BCUT2D eigenvalue weighted by molar-refractivity contribution is -0.140. The number of likely N-dealkylation sites (tertiary alicyclic amines) is 1. The maximum atomic E-state index is 13.3. The van der Waals surface area contributed by atoms with E-state index < -0.39 is 0 Å². The van der Waals surface area contributed by atoms with Gasteiger partial charge in [0.25, 0.3) is 0 Å². The molecule has 1 unspecified atom stereocenters. The molecule has 2 fully saturated rings. The van der Waals surface area contributed by atoms with Crippen LogP contribution in [-0.4, -0.2) is 58.0 Å². The summed E-state index contributed by atoms with van der Waals surface area (Å²) in [5.74, 6) is 1.42. The van der Waals surface area contributed by atoms with Crippen molar-refractivity contribution in [2.75, 3.05) is 32.7 Å². The topological polar surface area (TPSA) is 53.4 Å². The third-order valence-electron chi connectivity index (χ3n) is 5.87. The molecule has 4 rings (SSSR count). The first-order chi connectivity index (χ1) is 13.2. The largest absolute Gasteiger partial charge is 0.336 e. The molecular formula is C21H31Cl2N5O. The van der Waals surface area contributed by atoms with Crippen LogP contribution in [0.1, 0.15) is 30.3 Å². The number of carbonyl (C=O) groups excluding carboxylic acids is 1. The molecule has 160 valence electrons. The standard InChI is InChI=1S/C21H29N5O.2ClH/c1-24-13-10-23-20(24)19-15-22-9-14-26(19)21(27)18-7-11-25(12-8-18)16-17-5-3-2-4-6-17;;/h2-6,10,13,18-19,22H,7-9,11-12,14-16H2,1H3;2*1H. The van der Waals surface area contributed by atoms with E-state index in [1.165, 1.54) is 5.56 Å². The first-order valence-corrected chi connectivity index (χ1v) is 9.97. The van der Waals surface area contributed by atoms with Crippen molar-refractivity contribution in [3.63, 3.8) is 0 Å². The molecule has 2 saturated heterocycles. The van der Waals surface area contributed by atoms with E-state index >= 15 is 0 Å². The van der Waals surface area contributed by atoms with Gasteiger partial charge >= 0.3 is 0 Å². The molecule has 0 aliphatic carbocycles. The summed E-state index contributed by atoms with van der Waals surface area (Å²) >= 11 is 0. The van der Waals surface area contributed by atoms with Gasteiger partial charge in [-0.3, -0.25) is 9.69 Å². The SMILES string of the molecule is Cl.Cl.Cn1ccnc1C1CNCCN1C(=O)C1CCN(Cc2ccccc2)CC1. The number of nitrogens with one attached hydrogen (secondary N) is 1. The minimum Gasteiger partial charge on any atom is -0.336 e. The van der Waals surface area contributed by atoms with E-state index in [9.17, 15) is 4.79 Å². The number of benzene rings is 1. The van der Waals surface area contributed by atoms with E-state index in [-0.39, 0.29) is 36.8 Å². The molecule has 1 aromatic heterocycles. The Balaban J connectivity index is 0.00000150. The van der Waals surface area contributed by atoms with E-state index in [2.05, 4.69) is 50.4 Å². The molecule has 0 saturated carbocycles. The van der Waals surface area contributed by atoms with Gasteiger partial charge in [0.05, 0.1) is 0 Å². The molecule has 3 heterocycles. The predicted octanol–water partition coefficient (Wildman–Crippen LogP) is 2.65. The van der Waals surface area contributed by atoms with Crippen LogP contribution in [0.3, 0.4) is 0 Å². The second-order valence-electron chi connectivity index (χ2n) is 7.68.